The minimum absolute atomic E-state index is 0.219. The van der Waals surface area contributed by atoms with E-state index in [0.29, 0.717) is 18.0 Å². The van der Waals surface area contributed by atoms with Gasteiger partial charge < -0.3 is 9.74 Å². The first-order chi connectivity index (χ1) is 19.9. The minimum Gasteiger partial charge on any atom is -0.354 e. The third-order valence-electron chi connectivity index (χ3n) is 7.76. The third kappa shape index (κ3) is 15.9. The fourth-order valence-electron chi connectivity index (χ4n) is 5.43. The number of pyridine rings is 1. The fourth-order valence-corrected chi connectivity index (χ4v) is 5.43. The van der Waals surface area contributed by atoms with Crippen LogP contribution >= 0.6 is 0 Å². The molecule has 1 aliphatic heterocycles. The van der Waals surface area contributed by atoms with Gasteiger partial charge in [-0.2, -0.15) is 0 Å². The lowest BCUT2D eigenvalue weighted by Gasteiger charge is -2.36. The Morgan fingerprint density at radius 3 is 1.88 bits per heavy atom. The van der Waals surface area contributed by atoms with E-state index in [4.69, 9.17) is 0 Å². The van der Waals surface area contributed by atoms with Gasteiger partial charge in [-0.05, 0) is 30.9 Å². The Balaban J connectivity index is 1.42. The van der Waals surface area contributed by atoms with Crippen LogP contribution in [0.5, 0.6) is 0 Å². The molecule has 234 valence electrons. The molecule has 0 unspecified atom stereocenters. The summed E-state index contributed by atoms with van der Waals surface area (Å²) in [7, 11) is 0. The number of rotatable bonds is 23. The smallest absolute Gasteiger partial charge is 0.294 e. The third-order valence-corrected chi connectivity index (χ3v) is 7.76. The van der Waals surface area contributed by atoms with E-state index in [-0.39, 0.29) is 12.5 Å². The molecule has 0 saturated carbocycles. The normalized spacial score (nSPS) is 14.0. The summed E-state index contributed by atoms with van der Waals surface area (Å²) in [5.41, 5.74) is 0.426. The van der Waals surface area contributed by atoms with Crippen molar-refractivity contribution in [3.05, 3.63) is 34.0 Å². The van der Waals surface area contributed by atoms with Crippen LogP contribution in [-0.2, 0) is 4.84 Å². The van der Waals surface area contributed by atoms with Crippen LogP contribution in [0.1, 0.15) is 121 Å². The van der Waals surface area contributed by atoms with Crippen LogP contribution in [0.15, 0.2) is 18.3 Å². The second kappa shape index (κ2) is 21.3. The number of nitrogens with zero attached hydrogens (tertiary/aromatic N) is 5. The van der Waals surface area contributed by atoms with Crippen molar-refractivity contribution in [3.63, 3.8) is 0 Å². The Morgan fingerprint density at radius 1 is 0.902 bits per heavy atom. The van der Waals surface area contributed by atoms with Gasteiger partial charge in [0.2, 0.25) is 0 Å². The van der Waals surface area contributed by atoms with Crippen molar-refractivity contribution in [1.29, 1.82) is 0 Å². The maximum atomic E-state index is 12.6. The average molecular weight is 578 g/mol. The van der Waals surface area contributed by atoms with E-state index in [1.807, 2.05) is 6.07 Å². The SMILES string of the molecule is CC(C)CN1CCN(c2ccc(C(=O)N(O)CCCCCCCCCCCCCCCCCO[N+](=O)[O-])cn2)CC1. The number of piperazine rings is 1. The number of carbonyl (C=O) groups is 1. The van der Waals surface area contributed by atoms with Crippen molar-refractivity contribution in [2.24, 2.45) is 5.92 Å². The van der Waals surface area contributed by atoms with Gasteiger partial charge in [0, 0.05) is 45.5 Å². The van der Waals surface area contributed by atoms with Crippen LogP contribution in [0.4, 0.5) is 5.82 Å². The molecular formula is C31H55N5O5. The standard InChI is InChI=1S/C31H55N5O5/c1-28(2)27-33-21-23-34(24-22-33)30-19-18-29(26-32-30)31(37)35(38)20-16-14-12-10-8-6-4-3-5-7-9-11-13-15-17-25-41-36(39)40/h18-19,26,28,38H,3-17,20-25,27H2,1-2H3. The van der Waals surface area contributed by atoms with Gasteiger partial charge in [-0.1, -0.05) is 97.3 Å². The summed E-state index contributed by atoms with van der Waals surface area (Å²) in [4.78, 5) is 36.2. The summed E-state index contributed by atoms with van der Waals surface area (Å²) in [5, 5.41) is 20.4. The number of amides is 1. The summed E-state index contributed by atoms with van der Waals surface area (Å²) in [6, 6.07) is 3.66. The number of carbonyl (C=O) groups excluding carboxylic acids is 1. The number of anilines is 1. The van der Waals surface area contributed by atoms with E-state index >= 15 is 0 Å². The number of hydrogen-bond acceptors (Lipinski definition) is 8. The first kappa shape index (κ1) is 34.7. The Kier molecular flexibility index (Phi) is 18.0. The van der Waals surface area contributed by atoms with Crippen molar-refractivity contribution in [1.82, 2.24) is 14.9 Å². The number of aromatic nitrogens is 1. The summed E-state index contributed by atoms with van der Waals surface area (Å²) >= 11 is 0. The van der Waals surface area contributed by atoms with Crippen molar-refractivity contribution in [2.75, 3.05) is 50.8 Å². The maximum Gasteiger partial charge on any atom is 0.294 e. The molecule has 0 radical (unpaired) electrons. The van der Waals surface area contributed by atoms with E-state index in [1.54, 1.807) is 12.3 Å². The second-order valence-electron chi connectivity index (χ2n) is 11.9. The number of hydrogen-bond donors (Lipinski definition) is 1. The van der Waals surface area contributed by atoms with Crippen molar-refractivity contribution >= 4 is 11.7 Å². The molecular weight excluding hydrogens is 522 g/mol. The molecule has 2 rings (SSSR count). The highest BCUT2D eigenvalue weighted by molar-refractivity contribution is 5.93. The fraction of sp³-hybridized carbons (Fsp3) is 0.806. The van der Waals surface area contributed by atoms with Gasteiger partial charge in [0.15, 0.2) is 0 Å². The molecule has 1 saturated heterocycles. The molecule has 1 fully saturated rings. The zero-order valence-corrected chi connectivity index (χ0v) is 25.7. The van der Waals surface area contributed by atoms with Crippen LogP contribution in [-0.4, -0.2) is 77.0 Å². The molecule has 0 aromatic carbocycles. The highest BCUT2D eigenvalue weighted by atomic mass is 16.9. The predicted octanol–water partition coefficient (Wildman–Crippen LogP) is 6.75. The topological polar surface area (TPSA) is 112 Å². The molecule has 1 aliphatic rings. The van der Waals surface area contributed by atoms with Gasteiger partial charge in [0.05, 0.1) is 12.2 Å². The number of unbranched alkanes of at least 4 members (excludes halogenated alkanes) is 14. The molecule has 0 bridgehead atoms. The first-order valence-corrected chi connectivity index (χ1v) is 16.1. The molecule has 1 aromatic rings. The average Bonchev–Trinajstić information content (AvgIpc) is 2.96. The second-order valence-corrected chi connectivity index (χ2v) is 11.9. The monoisotopic (exact) mass is 577 g/mol. The molecule has 0 aliphatic carbocycles. The lowest BCUT2D eigenvalue weighted by Crippen LogP contribution is -2.47. The minimum atomic E-state index is -0.718. The van der Waals surface area contributed by atoms with Crippen molar-refractivity contribution < 1.29 is 19.9 Å². The zero-order chi connectivity index (χ0) is 29.7. The maximum absolute atomic E-state index is 12.6. The van der Waals surface area contributed by atoms with Gasteiger partial charge in [-0.3, -0.25) is 14.9 Å². The van der Waals surface area contributed by atoms with Gasteiger partial charge in [0.1, 0.15) is 5.82 Å². The molecule has 0 spiro atoms. The van der Waals surface area contributed by atoms with Crippen molar-refractivity contribution in [2.45, 2.75) is 110 Å². The molecule has 1 amide bonds. The molecule has 0 atom stereocenters. The molecule has 10 nitrogen and oxygen atoms in total. The molecule has 1 aromatic heterocycles. The van der Waals surface area contributed by atoms with E-state index < -0.39 is 5.09 Å². The van der Waals surface area contributed by atoms with Crippen LogP contribution < -0.4 is 4.90 Å². The Morgan fingerprint density at radius 2 is 1.41 bits per heavy atom. The van der Waals surface area contributed by atoms with Crippen molar-refractivity contribution in [3.8, 4) is 0 Å². The summed E-state index contributed by atoms with van der Waals surface area (Å²) in [5.74, 6) is 1.18. The van der Waals surface area contributed by atoms with E-state index in [2.05, 4.69) is 33.5 Å². The summed E-state index contributed by atoms with van der Waals surface area (Å²) in [6.45, 7) is 10.1. The Hall–Kier alpha value is -2.46. The van der Waals surface area contributed by atoms with Crippen LogP contribution in [0, 0.1) is 16.0 Å². The predicted molar refractivity (Wildman–Crippen MR) is 163 cm³/mol. The van der Waals surface area contributed by atoms with Gasteiger partial charge >= 0.3 is 0 Å². The van der Waals surface area contributed by atoms with E-state index in [9.17, 15) is 20.1 Å². The highest BCUT2D eigenvalue weighted by Crippen LogP contribution is 2.17. The van der Waals surface area contributed by atoms with E-state index in [0.717, 1.165) is 82.1 Å². The summed E-state index contributed by atoms with van der Waals surface area (Å²) in [6.07, 6.45) is 18.8. The number of hydroxylamine groups is 2. The van der Waals surface area contributed by atoms with Gasteiger partial charge in [0.25, 0.3) is 11.0 Å². The van der Waals surface area contributed by atoms with E-state index in [1.165, 1.54) is 57.8 Å². The summed E-state index contributed by atoms with van der Waals surface area (Å²) < 4.78 is 0. The molecule has 41 heavy (non-hydrogen) atoms. The quantitative estimate of drug-likeness (QED) is 0.0658. The van der Waals surface area contributed by atoms with Gasteiger partial charge in [-0.15, -0.1) is 10.1 Å². The zero-order valence-electron chi connectivity index (χ0n) is 25.7. The highest BCUT2D eigenvalue weighted by Gasteiger charge is 2.19. The van der Waals surface area contributed by atoms with Gasteiger partial charge in [-0.25, -0.2) is 10.0 Å². The largest absolute Gasteiger partial charge is 0.354 e. The van der Waals surface area contributed by atoms with Crippen LogP contribution in [0.3, 0.4) is 0 Å². The lowest BCUT2D eigenvalue weighted by molar-refractivity contribution is -0.757. The Bertz CT molecular complexity index is 831. The van der Waals surface area contributed by atoms with Crippen LogP contribution in [0.25, 0.3) is 0 Å². The lowest BCUT2D eigenvalue weighted by atomic mass is 10.0. The Labute approximate surface area is 247 Å². The molecule has 1 N–H and O–H groups in total. The van der Waals surface area contributed by atoms with Crippen LogP contribution in [0.2, 0.25) is 0 Å². The molecule has 2 heterocycles. The first-order valence-electron chi connectivity index (χ1n) is 16.1. The molecule has 10 heteroatoms.